The van der Waals surface area contributed by atoms with Gasteiger partial charge < -0.3 is 14.8 Å². The van der Waals surface area contributed by atoms with E-state index in [1.807, 2.05) is 23.4 Å². The lowest BCUT2D eigenvalue weighted by Gasteiger charge is -2.32. The molecule has 0 unspecified atom stereocenters. The smallest absolute Gasteiger partial charge is 0.321 e. The van der Waals surface area contributed by atoms with Gasteiger partial charge in [0.15, 0.2) is 0 Å². The van der Waals surface area contributed by atoms with Crippen molar-refractivity contribution < 1.29 is 4.79 Å². The van der Waals surface area contributed by atoms with Crippen molar-refractivity contribution in [1.82, 2.24) is 14.5 Å². The first kappa shape index (κ1) is 18.8. The molecular formula is C22H25ClN4O. The number of benzene rings is 2. The average Bonchev–Trinajstić information content (AvgIpc) is 3.06. The van der Waals surface area contributed by atoms with E-state index in [1.54, 1.807) is 12.1 Å². The number of imidazole rings is 1. The second-order valence-corrected chi connectivity index (χ2v) is 8.13. The van der Waals surface area contributed by atoms with Crippen molar-refractivity contribution in [2.24, 2.45) is 5.92 Å². The van der Waals surface area contributed by atoms with Crippen LogP contribution in [-0.4, -0.2) is 33.6 Å². The molecule has 2 aromatic carbocycles. The van der Waals surface area contributed by atoms with Crippen molar-refractivity contribution in [2.75, 3.05) is 18.4 Å². The summed E-state index contributed by atoms with van der Waals surface area (Å²) in [4.78, 5) is 18.9. The van der Waals surface area contributed by atoms with E-state index in [9.17, 15) is 4.79 Å². The predicted molar refractivity (Wildman–Crippen MR) is 114 cm³/mol. The van der Waals surface area contributed by atoms with E-state index in [-0.39, 0.29) is 6.03 Å². The zero-order chi connectivity index (χ0) is 19.7. The fraction of sp³-hybridized carbons (Fsp3) is 0.364. The zero-order valence-corrected chi connectivity index (χ0v) is 17.0. The predicted octanol–water partition coefficient (Wildman–Crippen LogP) is 5.25. The molecule has 0 saturated carbocycles. The molecule has 2 amide bonds. The van der Waals surface area contributed by atoms with Gasteiger partial charge in [0.1, 0.15) is 0 Å². The lowest BCUT2D eigenvalue weighted by atomic mass is 9.97. The van der Waals surface area contributed by atoms with Gasteiger partial charge in [-0.05, 0) is 80.1 Å². The van der Waals surface area contributed by atoms with Crippen LogP contribution in [0.2, 0.25) is 5.02 Å². The number of piperidine rings is 1. The summed E-state index contributed by atoms with van der Waals surface area (Å²) >= 11 is 5.89. The number of hydrogen-bond donors (Lipinski definition) is 1. The van der Waals surface area contributed by atoms with E-state index in [4.69, 9.17) is 11.6 Å². The van der Waals surface area contributed by atoms with Gasteiger partial charge in [-0.1, -0.05) is 11.6 Å². The molecule has 2 heterocycles. The van der Waals surface area contributed by atoms with Crippen molar-refractivity contribution in [3.05, 3.63) is 58.9 Å². The maximum Gasteiger partial charge on any atom is 0.321 e. The van der Waals surface area contributed by atoms with Crippen molar-refractivity contribution in [3.63, 3.8) is 0 Å². The lowest BCUT2D eigenvalue weighted by Crippen LogP contribution is -2.41. The summed E-state index contributed by atoms with van der Waals surface area (Å²) in [6, 6.07) is 11.5. The largest absolute Gasteiger partial charge is 0.330 e. The molecule has 1 aliphatic heterocycles. The highest BCUT2D eigenvalue weighted by Gasteiger charge is 2.23. The molecule has 3 aromatic rings. The summed E-state index contributed by atoms with van der Waals surface area (Å²) in [5.74, 6) is 0.554. The van der Waals surface area contributed by atoms with Crippen LogP contribution in [0.15, 0.2) is 42.7 Å². The SMILES string of the molecule is Cc1cc2ncn(CC3CCN(C(=O)Nc4ccc(Cl)cc4)CC3)c2cc1C. The molecule has 1 fully saturated rings. The average molecular weight is 397 g/mol. The number of nitrogens with zero attached hydrogens (tertiary/aromatic N) is 3. The van der Waals surface area contributed by atoms with Gasteiger partial charge in [-0.15, -0.1) is 0 Å². The van der Waals surface area contributed by atoms with Crippen LogP contribution in [0, 0.1) is 19.8 Å². The second-order valence-electron chi connectivity index (χ2n) is 7.69. The third kappa shape index (κ3) is 3.99. The minimum atomic E-state index is -0.0417. The number of rotatable bonds is 3. The summed E-state index contributed by atoms with van der Waals surface area (Å²) in [5.41, 5.74) is 5.60. The van der Waals surface area contributed by atoms with E-state index in [2.05, 4.69) is 40.8 Å². The Morgan fingerprint density at radius 1 is 1.14 bits per heavy atom. The van der Waals surface area contributed by atoms with E-state index in [0.29, 0.717) is 10.9 Å². The number of aromatic nitrogens is 2. The molecule has 6 heteroatoms. The summed E-state index contributed by atoms with van der Waals surface area (Å²) in [7, 11) is 0. The maximum atomic E-state index is 12.5. The summed E-state index contributed by atoms with van der Waals surface area (Å²) in [6.07, 6.45) is 3.94. The highest BCUT2D eigenvalue weighted by atomic mass is 35.5. The number of amides is 2. The molecule has 0 atom stereocenters. The van der Waals surface area contributed by atoms with Crippen LogP contribution >= 0.6 is 11.6 Å². The Morgan fingerprint density at radius 3 is 2.54 bits per heavy atom. The molecule has 146 valence electrons. The van der Waals surface area contributed by atoms with Crippen LogP contribution < -0.4 is 5.32 Å². The summed E-state index contributed by atoms with van der Waals surface area (Å²) in [6.45, 7) is 6.76. The highest BCUT2D eigenvalue weighted by Crippen LogP contribution is 2.24. The van der Waals surface area contributed by atoms with Crippen LogP contribution in [0.5, 0.6) is 0 Å². The minimum Gasteiger partial charge on any atom is -0.330 e. The monoisotopic (exact) mass is 396 g/mol. The quantitative estimate of drug-likeness (QED) is 0.657. The van der Waals surface area contributed by atoms with Gasteiger partial charge in [0.2, 0.25) is 0 Å². The van der Waals surface area contributed by atoms with Crippen LogP contribution in [-0.2, 0) is 6.54 Å². The normalized spacial score (nSPS) is 15.2. The first-order valence-corrected chi connectivity index (χ1v) is 10.1. The van der Waals surface area contributed by atoms with Gasteiger partial charge >= 0.3 is 6.03 Å². The Bertz CT molecular complexity index is 988. The van der Waals surface area contributed by atoms with Gasteiger partial charge in [0, 0.05) is 30.3 Å². The standard InChI is InChI=1S/C22H25ClN4O/c1-15-11-20-21(12-16(15)2)27(14-24-20)13-17-7-9-26(10-8-17)22(28)25-19-5-3-18(23)4-6-19/h3-6,11-12,14,17H,7-10,13H2,1-2H3,(H,25,28). The zero-order valence-electron chi connectivity index (χ0n) is 16.3. The molecule has 5 nitrogen and oxygen atoms in total. The summed E-state index contributed by atoms with van der Waals surface area (Å²) < 4.78 is 2.26. The third-order valence-electron chi connectivity index (χ3n) is 5.69. The van der Waals surface area contributed by atoms with Crippen LogP contribution in [0.1, 0.15) is 24.0 Å². The van der Waals surface area contributed by atoms with Crippen LogP contribution in [0.3, 0.4) is 0 Å². The van der Waals surface area contributed by atoms with E-state index in [1.165, 1.54) is 16.6 Å². The van der Waals surface area contributed by atoms with Gasteiger partial charge in [0.25, 0.3) is 0 Å². The third-order valence-corrected chi connectivity index (χ3v) is 5.94. The molecule has 0 spiro atoms. The van der Waals surface area contributed by atoms with Gasteiger partial charge in [0.05, 0.1) is 17.4 Å². The van der Waals surface area contributed by atoms with Crippen molar-refractivity contribution in [3.8, 4) is 0 Å². The lowest BCUT2D eigenvalue weighted by molar-refractivity contribution is 0.177. The number of carbonyl (C=O) groups excluding carboxylic acids is 1. The van der Waals surface area contributed by atoms with Crippen LogP contribution in [0.4, 0.5) is 10.5 Å². The molecule has 28 heavy (non-hydrogen) atoms. The molecule has 1 aromatic heterocycles. The van der Waals surface area contributed by atoms with E-state index < -0.39 is 0 Å². The number of aryl methyl sites for hydroxylation is 2. The number of urea groups is 1. The van der Waals surface area contributed by atoms with Gasteiger partial charge in [-0.25, -0.2) is 9.78 Å². The summed E-state index contributed by atoms with van der Waals surface area (Å²) in [5, 5.41) is 3.61. The number of anilines is 1. The number of carbonyl (C=O) groups is 1. The van der Waals surface area contributed by atoms with Crippen LogP contribution in [0.25, 0.3) is 11.0 Å². The van der Waals surface area contributed by atoms with E-state index >= 15 is 0 Å². The van der Waals surface area contributed by atoms with Crippen molar-refractivity contribution >= 4 is 34.4 Å². The molecule has 0 aliphatic carbocycles. The molecule has 4 rings (SSSR count). The first-order valence-electron chi connectivity index (χ1n) is 9.73. The van der Waals surface area contributed by atoms with Crippen molar-refractivity contribution in [1.29, 1.82) is 0 Å². The number of nitrogens with one attached hydrogen (secondary N) is 1. The maximum absolute atomic E-state index is 12.5. The fourth-order valence-electron chi connectivity index (χ4n) is 3.79. The Balaban J connectivity index is 1.35. The Kier molecular flexibility index (Phi) is 5.27. The Hall–Kier alpha value is -2.53. The molecule has 0 radical (unpaired) electrons. The topological polar surface area (TPSA) is 50.2 Å². The minimum absolute atomic E-state index is 0.0417. The van der Waals surface area contributed by atoms with Gasteiger partial charge in [-0.3, -0.25) is 0 Å². The first-order chi connectivity index (χ1) is 13.5. The Labute approximate surface area is 170 Å². The molecule has 1 N–H and O–H groups in total. The molecule has 1 aliphatic rings. The molecular weight excluding hydrogens is 372 g/mol. The number of fused-ring (bicyclic) bond motifs is 1. The second kappa shape index (κ2) is 7.84. The number of halogens is 1. The highest BCUT2D eigenvalue weighted by molar-refractivity contribution is 6.30. The Morgan fingerprint density at radius 2 is 1.82 bits per heavy atom. The fourth-order valence-corrected chi connectivity index (χ4v) is 3.92. The van der Waals surface area contributed by atoms with Crippen molar-refractivity contribution in [2.45, 2.75) is 33.2 Å². The molecule has 0 bridgehead atoms. The van der Waals surface area contributed by atoms with Gasteiger partial charge in [-0.2, -0.15) is 0 Å². The van der Waals surface area contributed by atoms with E-state index in [0.717, 1.165) is 43.7 Å². The molecule has 1 saturated heterocycles. The number of likely N-dealkylation sites (tertiary alicyclic amines) is 1. The number of hydrogen-bond acceptors (Lipinski definition) is 2.